The Morgan fingerprint density at radius 2 is 2.17 bits per heavy atom. The summed E-state index contributed by atoms with van der Waals surface area (Å²) in [5.74, 6) is -0.875. The molecule has 0 saturated heterocycles. The number of aliphatic hydroxyl groups is 1. The molecule has 0 fully saturated rings. The third-order valence-electron chi connectivity index (χ3n) is 3.09. The number of H-pyrrole nitrogens is 1. The van der Waals surface area contributed by atoms with Gasteiger partial charge in [0.1, 0.15) is 6.33 Å². The maximum Gasteiger partial charge on any atom is 0.226 e. The van der Waals surface area contributed by atoms with Gasteiger partial charge in [-0.3, -0.25) is 14.9 Å². The molecule has 3 rings (SSSR count). The minimum atomic E-state index is -0.565. The maximum absolute atomic E-state index is 12.2. The number of pyridine rings is 1. The number of rotatable bonds is 5. The lowest BCUT2D eigenvalue weighted by molar-refractivity contribution is 0.102. The minimum Gasteiger partial charge on any atom is -0.504 e. The molecule has 0 atom stereocenters. The molecule has 0 saturated carbocycles. The highest BCUT2D eigenvalue weighted by atomic mass is 35.5. The Morgan fingerprint density at radius 1 is 1.39 bits per heavy atom. The summed E-state index contributed by atoms with van der Waals surface area (Å²) in [5.41, 5.74) is 1.66. The van der Waals surface area contributed by atoms with E-state index in [-0.39, 0.29) is 22.4 Å². The van der Waals surface area contributed by atoms with Crippen molar-refractivity contribution in [3.8, 4) is 0 Å². The molecule has 3 aromatic rings. The van der Waals surface area contributed by atoms with Crippen molar-refractivity contribution < 1.29 is 14.3 Å². The van der Waals surface area contributed by atoms with Gasteiger partial charge in [0.25, 0.3) is 0 Å². The molecule has 3 aromatic heterocycles. The first-order valence-electron chi connectivity index (χ1n) is 6.60. The van der Waals surface area contributed by atoms with E-state index in [9.17, 15) is 9.90 Å². The van der Waals surface area contributed by atoms with Gasteiger partial charge in [-0.2, -0.15) is 5.10 Å². The van der Waals surface area contributed by atoms with Gasteiger partial charge in [-0.25, -0.2) is 4.98 Å². The van der Waals surface area contributed by atoms with Crippen molar-refractivity contribution in [2.75, 3.05) is 0 Å². The fourth-order valence-electron chi connectivity index (χ4n) is 1.97. The van der Waals surface area contributed by atoms with E-state index < -0.39 is 5.78 Å². The minimum absolute atomic E-state index is 0.0400. The van der Waals surface area contributed by atoms with Crippen LogP contribution >= 0.6 is 11.6 Å². The molecule has 2 N–H and O–H groups in total. The summed E-state index contributed by atoms with van der Waals surface area (Å²) in [6.45, 7) is 0. The van der Waals surface area contributed by atoms with Crippen LogP contribution in [0.2, 0.25) is 5.02 Å². The average molecular weight is 331 g/mol. The SMILES string of the molecule is O=C(C=C(O)c1ncn[nH]1)c1occ(Cc2ccncc2)c1Cl. The molecule has 0 aliphatic carbocycles. The molecule has 0 aliphatic heterocycles. The molecule has 3 heterocycles. The Labute approximate surface area is 135 Å². The highest BCUT2D eigenvalue weighted by Crippen LogP contribution is 2.26. The zero-order chi connectivity index (χ0) is 16.2. The van der Waals surface area contributed by atoms with Crippen LogP contribution in [0.25, 0.3) is 5.76 Å². The predicted octanol–water partition coefficient (Wildman–Crippen LogP) is 2.82. The number of nitrogens with one attached hydrogen (secondary N) is 1. The average Bonchev–Trinajstić information content (AvgIpc) is 3.19. The van der Waals surface area contributed by atoms with Gasteiger partial charge in [-0.05, 0) is 17.7 Å². The van der Waals surface area contributed by atoms with Crippen molar-refractivity contribution in [2.24, 2.45) is 0 Å². The second-order valence-electron chi connectivity index (χ2n) is 4.66. The van der Waals surface area contributed by atoms with Gasteiger partial charge in [-0.1, -0.05) is 11.6 Å². The lowest BCUT2D eigenvalue weighted by Crippen LogP contribution is -1.97. The Balaban J connectivity index is 1.81. The normalized spacial score (nSPS) is 11.6. The highest BCUT2D eigenvalue weighted by Gasteiger charge is 2.19. The number of carbonyl (C=O) groups excluding carboxylic acids is 1. The zero-order valence-electron chi connectivity index (χ0n) is 11.7. The molecule has 0 bridgehead atoms. The molecule has 8 heteroatoms. The number of aromatic nitrogens is 4. The number of nitrogens with zero attached hydrogens (tertiary/aromatic N) is 3. The van der Waals surface area contributed by atoms with Gasteiger partial charge in [0.15, 0.2) is 17.3 Å². The summed E-state index contributed by atoms with van der Waals surface area (Å²) in [5, 5.41) is 16.0. The summed E-state index contributed by atoms with van der Waals surface area (Å²) in [7, 11) is 0. The largest absolute Gasteiger partial charge is 0.504 e. The summed E-state index contributed by atoms with van der Waals surface area (Å²) in [4.78, 5) is 19.8. The Kier molecular flexibility index (Phi) is 4.20. The standard InChI is InChI=1S/C15H11ClN4O3/c16-13-10(5-9-1-3-17-4-2-9)7-23-14(13)11(21)6-12(22)15-18-8-19-20-15/h1-4,6-8,22H,5H2,(H,18,19,20). The number of halogens is 1. The van der Waals surface area contributed by atoms with Crippen molar-refractivity contribution in [2.45, 2.75) is 6.42 Å². The molecule has 0 aliphatic rings. The molecular weight excluding hydrogens is 320 g/mol. The van der Waals surface area contributed by atoms with E-state index in [0.29, 0.717) is 12.0 Å². The van der Waals surface area contributed by atoms with Gasteiger partial charge in [0, 0.05) is 30.5 Å². The number of aliphatic hydroxyl groups excluding tert-OH is 1. The van der Waals surface area contributed by atoms with E-state index in [1.807, 2.05) is 12.1 Å². The van der Waals surface area contributed by atoms with Crippen molar-refractivity contribution in [1.29, 1.82) is 0 Å². The molecule has 0 aromatic carbocycles. The second-order valence-corrected chi connectivity index (χ2v) is 5.04. The van der Waals surface area contributed by atoms with Gasteiger partial charge in [-0.15, -0.1) is 0 Å². The van der Waals surface area contributed by atoms with Crippen molar-refractivity contribution >= 4 is 23.1 Å². The van der Waals surface area contributed by atoms with Gasteiger partial charge >= 0.3 is 0 Å². The fourth-order valence-corrected chi connectivity index (χ4v) is 2.22. The maximum atomic E-state index is 12.2. The smallest absolute Gasteiger partial charge is 0.226 e. The summed E-state index contributed by atoms with van der Waals surface area (Å²) < 4.78 is 5.25. The summed E-state index contributed by atoms with van der Waals surface area (Å²) >= 11 is 6.20. The fraction of sp³-hybridized carbons (Fsp3) is 0.0667. The van der Waals surface area contributed by atoms with Gasteiger partial charge < -0.3 is 9.52 Å². The van der Waals surface area contributed by atoms with Crippen LogP contribution in [0.3, 0.4) is 0 Å². The van der Waals surface area contributed by atoms with Gasteiger partial charge in [0.05, 0.1) is 11.3 Å². The number of aromatic amines is 1. The number of hydrogen-bond acceptors (Lipinski definition) is 6. The topological polar surface area (TPSA) is 105 Å². The van der Waals surface area contributed by atoms with E-state index in [4.69, 9.17) is 16.0 Å². The quantitative estimate of drug-likeness (QED) is 0.423. The van der Waals surface area contributed by atoms with Crippen LogP contribution in [-0.2, 0) is 6.42 Å². The first-order chi connectivity index (χ1) is 11.1. The molecule has 0 radical (unpaired) electrons. The van der Waals surface area contributed by atoms with E-state index in [0.717, 1.165) is 11.6 Å². The second kappa shape index (κ2) is 6.45. The summed E-state index contributed by atoms with van der Waals surface area (Å²) in [6, 6.07) is 3.70. The molecule has 0 spiro atoms. The number of hydrogen-bond donors (Lipinski definition) is 2. The molecule has 116 valence electrons. The Bertz CT molecular complexity index is 841. The molecule has 0 amide bonds. The van der Waals surface area contributed by atoms with Crippen LogP contribution in [0.4, 0.5) is 0 Å². The molecular formula is C15H11ClN4O3. The van der Waals surface area contributed by atoms with E-state index in [1.54, 1.807) is 12.4 Å². The van der Waals surface area contributed by atoms with Gasteiger partial charge in [0.2, 0.25) is 5.78 Å². The van der Waals surface area contributed by atoms with Crippen molar-refractivity contribution in [1.82, 2.24) is 20.2 Å². The van der Waals surface area contributed by atoms with Crippen molar-refractivity contribution in [3.05, 3.63) is 70.9 Å². The third kappa shape index (κ3) is 3.29. The van der Waals surface area contributed by atoms with Crippen LogP contribution < -0.4 is 0 Å². The number of carbonyl (C=O) groups is 1. The van der Waals surface area contributed by atoms with Crippen LogP contribution in [0.5, 0.6) is 0 Å². The lowest BCUT2D eigenvalue weighted by atomic mass is 10.1. The van der Waals surface area contributed by atoms with Crippen LogP contribution in [0.1, 0.15) is 27.5 Å². The predicted molar refractivity (Wildman–Crippen MR) is 82.1 cm³/mol. The zero-order valence-corrected chi connectivity index (χ0v) is 12.5. The molecule has 0 unspecified atom stereocenters. The van der Waals surface area contributed by atoms with Crippen LogP contribution in [0.15, 0.2) is 47.6 Å². The third-order valence-corrected chi connectivity index (χ3v) is 3.51. The monoisotopic (exact) mass is 330 g/mol. The first kappa shape index (κ1) is 15.0. The first-order valence-corrected chi connectivity index (χ1v) is 6.98. The summed E-state index contributed by atoms with van der Waals surface area (Å²) in [6.07, 6.45) is 7.48. The Morgan fingerprint density at radius 3 is 2.87 bits per heavy atom. The Hall–Kier alpha value is -2.93. The van der Waals surface area contributed by atoms with Crippen molar-refractivity contribution in [3.63, 3.8) is 0 Å². The lowest BCUT2D eigenvalue weighted by Gasteiger charge is -1.98. The number of ketones is 1. The van der Waals surface area contributed by atoms with E-state index in [2.05, 4.69) is 20.2 Å². The molecule has 7 nitrogen and oxygen atoms in total. The number of furan rings is 1. The van der Waals surface area contributed by atoms with Crippen LogP contribution in [-0.4, -0.2) is 31.1 Å². The van der Waals surface area contributed by atoms with E-state index >= 15 is 0 Å². The number of allylic oxidation sites excluding steroid dienone is 1. The highest BCUT2D eigenvalue weighted by molar-refractivity contribution is 6.35. The van der Waals surface area contributed by atoms with E-state index in [1.165, 1.54) is 12.6 Å². The van der Waals surface area contributed by atoms with Crippen LogP contribution in [0, 0.1) is 0 Å². The molecule has 23 heavy (non-hydrogen) atoms.